The molecule has 1 aliphatic carbocycles. The minimum absolute atomic E-state index is 0.192. The summed E-state index contributed by atoms with van der Waals surface area (Å²) in [6.07, 6.45) is 5.23. The first kappa shape index (κ1) is 11.5. The third kappa shape index (κ3) is 1.66. The molecule has 94 valence electrons. The Balaban J connectivity index is 2.22. The number of hydrogen-bond donors (Lipinski definition) is 1. The summed E-state index contributed by atoms with van der Waals surface area (Å²) in [7, 11) is 0. The van der Waals surface area contributed by atoms with Crippen molar-refractivity contribution in [1.29, 1.82) is 0 Å². The van der Waals surface area contributed by atoms with Crippen molar-refractivity contribution in [3.8, 4) is 5.82 Å². The second kappa shape index (κ2) is 4.25. The highest BCUT2D eigenvalue weighted by atomic mass is 15.1. The minimum Gasteiger partial charge on any atom is -0.324 e. The lowest BCUT2D eigenvalue weighted by Crippen LogP contribution is -2.18. The van der Waals surface area contributed by atoms with Crippen molar-refractivity contribution in [1.82, 2.24) is 9.55 Å². The van der Waals surface area contributed by atoms with Gasteiger partial charge in [-0.05, 0) is 56.4 Å². The number of nitrogens with zero attached hydrogens (tertiary/aromatic N) is 2. The SMILES string of the molecule is Cc1cccnc1-n1c(C)cc2c1CCCC2N. The second-order valence-electron chi connectivity index (χ2n) is 5.17. The van der Waals surface area contributed by atoms with Crippen LogP contribution in [0.3, 0.4) is 0 Å². The summed E-state index contributed by atoms with van der Waals surface area (Å²) in [4.78, 5) is 4.54. The van der Waals surface area contributed by atoms with Gasteiger partial charge < -0.3 is 10.3 Å². The highest BCUT2D eigenvalue weighted by molar-refractivity contribution is 5.43. The fourth-order valence-electron chi connectivity index (χ4n) is 2.94. The molecule has 0 saturated heterocycles. The molecule has 0 aliphatic heterocycles. The smallest absolute Gasteiger partial charge is 0.139 e. The molecule has 3 heteroatoms. The maximum absolute atomic E-state index is 6.21. The molecule has 3 nitrogen and oxygen atoms in total. The maximum Gasteiger partial charge on any atom is 0.139 e. The van der Waals surface area contributed by atoms with E-state index in [1.165, 1.54) is 28.9 Å². The molecule has 0 aromatic carbocycles. The lowest BCUT2D eigenvalue weighted by Gasteiger charge is -2.21. The highest BCUT2D eigenvalue weighted by Gasteiger charge is 2.23. The Labute approximate surface area is 108 Å². The van der Waals surface area contributed by atoms with Gasteiger partial charge in [0.15, 0.2) is 0 Å². The molecule has 18 heavy (non-hydrogen) atoms. The standard InChI is InChI=1S/C15H19N3/c1-10-5-4-8-17-15(10)18-11(2)9-12-13(16)6-3-7-14(12)18/h4-5,8-9,13H,3,6-7,16H2,1-2H3. The third-order valence-electron chi connectivity index (χ3n) is 3.84. The highest BCUT2D eigenvalue weighted by Crippen LogP contribution is 2.32. The third-order valence-corrected chi connectivity index (χ3v) is 3.84. The second-order valence-corrected chi connectivity index (χ2v) is 5.17. The molecule has 0 bridgehead atoms. The van der Waals surface area contributed by atoms with Crippen molar-refractivity contribution in [2.45, 2.75) is 39.2 Å². The summed E-state index contributed by atoms with van der Waals surface area (Å²) >= 11 is 0. The molecule has 2 aromatic heterocycles. The first-order valence-corrected chi connectivity index (χ1v) is 6.57. The fraction of sp³-hybridized carbons (Fsp3) is 0.400. The minimum atomic E-state index is 0.192. The Morgan fingerprint density at radius 1 is 1.39 bits per heavy atom. The Morgan fingerprint density at radius 2 is 2.22 bits per heavy atom. The van der Waals surface area contributed by atoms with Crippen molar-refractivity contribution in [3.63, 3.8) is 0 Å². The van der Waals surface area contributed by atoms with E-state index in [1.807, 2.05) is 12.3 Å². The van der Waals surface area contributed by atoms with E-state index in [-0.39, 0.29) is 6.04 Å². The van der Waals surface area contributed by atoms with Crippen LogP contribution in [-0.2, 0) is 6.42 Å². The zero-order chi connectivity index (χ0) is 12.7. The van der Waals surface area contributed by atoms with Crippen molar-refractivity contribution in [2.24, 2.45) is 5.73 Å². The average molecular weight is 241 g/mol. The topological polar surface area (TPSA) is 43.8 Å². The number of fused-ring (bicyclic) bond motifs is 1. The summed E-state index contributed by atoms with van der Waals surface area (Å²) in [6, 6.07) is 6.51. The molecule has 0 amide bonds. The van der Waals surface area contributed by atoms with Crippen LogP contribution in [0, 0.1) is 13.8 Å². The van der Waals surface area contributed by atoms with Crippen LogP contribution in [0.2, 0.25) is 0 Å². The zero-order valence-electron chi connectivity index (χ0n) is 11.0. The molecule has 1 unspecified atom stereocenters. The van der Waals surface area contributed by atoms with Crippen LogP contribution in [0.4, 0.5) is 0 Å². The van der Waals surface area contributed by atoms with E-state index in [2.05, 4.69) is 35.5 Å². The molecular weight excluding hydrogens is 222 g/mol. The van der Waals surface area contributed by atoms with Crippen molar-refractivity contribution in [3.05, 3.63) is 46.9 Å². The predicted octanol–water partition coefficient (Wildman–Crippen LogP) is 2.83. The first-order chi connectivity index (χ1) is 8.68. The summed E-state index contributed by atoms with van der Waals surface area (Å²) in [5, 5.41) is 0. The molecule has 2 aromatic rings. The number of hydrogen-bond acceptors (Lipinski definition) is 2. The van der Waals surface area contributed by atoms with E-state index in [0.717, 1.165) is 18.7 Å². The van der Waals surface area contributed by atoms with Crippen LogP contribution < -0.4 is 5.73 Å². The molecule has 0 fully saturated rings. The summed E-state index contributed by atoms with van der Waals surface area (Å²) in [5.74, 6) is 1.05. The molecule has 3 rings (SSSR count). The molecule has 2 N–H and O–H groups in total. The van der Waals surface area contributed by atoms with Crippen LogP contribution in [0.1, 0.15) is 41.4 Å². The number of aromatic nitrogens is 2. The Morgan fingerprint density at radius 3 is 3.00 bits per heavy atom. The van der Waals surface area contributed by atoms with Crippen LogP contribution in [0.15, 0.2) is 24.4 Å². The van der Waals surface area contributed by atoms with Crippen LogP contribution in [-0.4, -0.2) is 9.55 Å². The van der Waals surface area contributed by atoms with Gasteiger partial charge in [0.05, 0.1) is 0 Å². The monoisotopic (exact) mass is 241 g/mol. The van der Waals surface area contributed by atoms with E-state index >= 15 is 0 Å². The normalized spacial score (nSPS) is 18.7. The van der Waals surface area contributed by atoms with E-state index in [9.17, 15) is 0 Å². The predicted molar refractivity (Wildman–Crippen MR) is 72.9 cm³/mol. The van der Waals surface area contributed by atoms with Gasteiger partial charge in [-0.25, -0.2) is 4.98 Å². The van der Waals surface area contributed by atoms with Gasteiger partial charge in [0.1, 0.15) is 5.82 Å². The van der Waals surface area contributed by atoms with E-state index in [0.29, 0.717) is 0 Å². The van der Waals surface area contributed by atoms with Gasteiger partial charge >= 0.3 is 0 Å². The van der Waals surface area contributed by atoms with E-state index in [1.54, 1.807) is 0 Å². The van der Waals surface area contributed by atoms with Crippen molar-refractivity contribution < 1.29 is 0 Å². The van der Waals surface area contributed by atoms with Gasteiger partial charge in [0, 0.05) is 23.6 Å². The van der Waals surface area contributed by atoms with E-state index < -0.39 is 0 Å². The number of rotatable bonds is 1. The fourth-order valence-corrected chi connectivity index (χ4v) is 2.94. The van der Waals surface area contributed by atoms with Gasteiger partial charge in [-0.1, -0.05) is 6.07 Å². The zero-order valence-corrected chi connectivity index (χ0v) is 11.0. The molecule has 0 radical (unpaired) electrons. The van der Waals surface area contributed by atoms with Crippen molar-refractivity contribution in [2.75, 3.05) is 0 Å². The summed E-state index contributed by atoms with van der Waals surface area (Å²) in [5.41, 5.74) is 11.3. The number of nitrogens with two attached hydrogens (primary N) is 1. The van der Waals surface area contributed by atoms with Gasteiger partial charge in [-0.15, -0.1) is 0 Å². The Bertz CT molecular complexity index is 583. The van der Waals surface area contributed by atoms with Crippen molar-refractivity contribution >= 4 is 0 Å². The maximum atomic E-state index is 6.21. The van der Waals surface area contributed by atoms with Gasteiger partial charge in [-0.2, -0.15) is 0 Å². The number of pyridine rings is 1. The van der Waals surface area contributed by atoms with Gasteiger partial charge in [-0.3, -0.25) is 0 Å². The number of aryl methyl sites for hydroxylation is 2. The molecule has 0 spiro atoms. The lowest BCUT2D eigenvalue weighted by atomic mass is 9.93. The average Bonchev–Trinajstić information content (AvgIpc) is 2.68. The van der Waals surface area contributed by atoms with Gasteiger partial charge in [0.25, 0.3) is 0 Å². The molecule has 2 heterocycles. The summed E-state index contributed by atoms with van der Waals surface area (Å²) in [6.45, 7) is 4.25. The Hall–Kier alpha value is -1.61. The first-order valence-electron chi connectivity index (χ1n) is 6.57. The van der Waals surface area contributed by atoms with Crippen LogP contribution in [0.5, 0.6) is 0 Å². The summed E-state index contributed by atoms with van der Waals surface area (Å²) < 4.78 is 2.28. The van der Waals surface area contributed by atoms with E-state index in [4.69, 9.17) is 5.73 Å². The molecular formula is C15H19N3. The Kier molecular flexibility index (Phi) is 2.71. The molecule has 1 atom stereocenters. The van der Waals surface area contributed by atoms with Crippen LogP contribution in [0.25, 0.3) is 5.82 Å². The molecule has 0 saturated carbocycles. The lowest BCUT2D eigenvalue weighted by molar-refractivity contribution is 0.559. The van der Waals surface area contributed by atoms with Gasteiger partial charge in [0.2, 0.25) is 0 Å². The van der Waals surface area contributed by atoms with Crippen LogP contribution >= 0.6 is 0 Å². The largest absolute Gasteiger partial charge is 0.324 e. The quantitative estimate of drug-likeness (QED) is 0.834. The molecule has 1 aliphatic rings.